The minimum atomic E-state index is -0.659. The van der Waals surface area contributed by atoms with Crippen molar-refractivity contribution < 1.29 is 9.53 Å². The number of rotatable bonds is 2. The number of methoxy groups -OCH3 is 1. The van der Waals surface area contributed by atoms with E-state index < -0.39 is 22.8 Å². The average molecular weight is 265 g/mol. The summed E-state index contributed by atoms with van der Waals surface area (Å²) in [5, 5.41) is 0.0899. The van der Waals surface area contributed by atoms with Gasteiger partial charge in [-0.15, -0.1) is 0 Å². The van der Waals surface area contributed by atoms with E-state index in [2.05, 4.69) is 14.7 Å². The smallest absolute Gasteiger partial charge is 0.329 e. The minimum absolute atomic E-state index is 0.0696. The summed E-state index contributed by atoms with van der Waals surface area (Å²) >= 11 is 0. The van der Waals surface area contributed by atoms with Crippen molar-refractivity contribution >= 4 is 17.0 Å². The lowest BCUT2D eigenvalue weighted by atomic mass is 10.1. The van der Waals surface area contributed by atoms with Gasteiger partial charge in [0.2, 0.25) is 5.56 Å². The summed E-state index contributed by atoms with van der Waals surface area (Å²) in [5.41, 5.74) is -1.54. The van der Waals surface area contributed by atoms with E-state index in [0.717, 1.165) is 10.6 Å². The maximum absolute atomic E-state index is 11.8. The lowest BCUT2D eigenvalue weighted by molar-refractivity contribution is -0.139. The number of aromatic amines is 2. The SMILES string of the molecule is COC(=O)Cc1cc(=O)[nH]c2c1c(=O)[nH]c(=O)n2C. The zero-order valence-electron chi connectivity index (χ0n) is 10.3. The number of aryl methyl sites for hydroxylation is 1. The van der Waals surface area contributed by atoms with Gasteiger partial charge in [0.05, 0.1) is 18.9 Å². The molecule has 0 aliphatic rings. The normalized spacial score (nSPS) is 10.6. The molecule has 100 valence electrons. The van der Waals surface area contributed by atoms with E-state index in [-0.39, 0.29) is 23.0 Å². The molecule has 0 saturated heterocycles. The van der Waals surface area contributed by atoms with Gasteiger partial charge in [-0.2, -0.15) is 0 Å². The van der Waals surface area contributed by atoms with Gasteiger partial charge < -0.3 is 9.72 Å². The van der Waals surface area contributed by atoms with E-state index in [1.54, 1.807) is 0 Å². The van der Waals surface area contributed by atoms with Crippen LogP contribution >= 0.6 is 0 Å². The van der Waals surface area contributed by atoms with Crippen LogP contribution in [-0.4, -0.2) is 27.6 Å². The summed E-state index contributed by atoms with van der Waals surface area (Å²) in [7, 11) is 2.61. The lowest BCUT2D eigenvalue weighted by Crippen LogP contribution is -2.31. The Morgan fingerprint density at radius 2 is 2.00 bits per heavy atom. The van der Waals surface area contributed by atoms with Crippen molar-refractivity contribution in [1.29, 1.82) is 0 Å². The largest absolute Gasteiger partial charge is 0.469 e. The molecule has 0 saturated carbocycles. The van der Waals surface area contributed by atoms with Crippen LogP contribution in [0.15, 0.2) is 20.4 Å². The molecule has 2 aromatic rings. The second-order valence-electron chi connectivity index (χ2n) is 3.95. The molecule has 0 radical (unpaired) electrons. The zero-order valence-corrected chi connectivity index (χ0v) is 10.3. The molecule has 19 heavy (non-hydrogen) atoms. The van der Waals surface area contributed by atoms with Gasteiger partial charge in [-0.05, 0) is 5.56 Å². The summed E-state index contributed by atoms with van der Waals surface area (Å²) in [6, 6.07) is 1.14. The Bertz CT molecular complexity index is 827. The highest BCUT2D eigenvalue weighted by Crippen LogP contribution is 2.09. The van der Waals surface area contributed by atoms with E-state index in [1.165, 1.54) is 14.2 Å². The molecular formula is C11H11N3O5. The Morgan fingerprint density at radius 1 is 1.32 bits per heavy atom. The van der Waals surface area contributed by atoms with Crippen molar-refractivity contribution in [1.82, 2.24) is 14.5 Å². The Hall–Kier alpha value is -2.64. The van der Waals surface area contributed by atoms with E-state index in [1.807, 2.05) is 0 Å². The summed E-state index contributed by atoms with van der Waals surface area (Å²) in [6.07, 6.45) is -0.224. The predicted molar refractivity (Wildman–Crippen MR) is 66.2 cm³/mol. The Kier molecular flexibility index (Phi) is 3.07. The fourth-order valence-corrected chi connectivity index (χ4v) is 1.81. The van der Waals surface area contributed by atoms with Crippen LogP contribution in [0.5, 0.6) is 0 Å². The molecule has 0 amide bonds. The van der Waals surface area contributed by atoms with E-state index >= 15 is 0 Å². The van der Waals surface area contributed by atoms with Gasteiger partial charge in [0.25, 0.3) is 5.56 Å². The molecule has 0 atom stereocenters. The summed E-state index contributed by atoms with van der Waals surface area (Å²) in [4.78, 5) is 50.6. The molecule has 2 aromatic heterocycles. The fraction of sp³-hybridized carbons (Fsp3) is 0.273. The van der Waals surface area contributed by atoms with Crippen LogP contribution in [0, 0.1) is 0 Å². The molecule has 0 aromatic carbocycles. The Balaban J connectivity index is 2.89. The molecule has 0 bridgehead atoms. The molecule has 8 nitrogen and oxygen atoms in total. The Morgan fingerprint density at radius 3 is 2.63 bits per heavy atom. The number of carbonyl (C=O) groups excluding carboxylic acids is 1. The topological polar surface area (TPSA) is 114 Å². The van der Waals surface area contributed by atoms with Crippen molar-refractivity contribution in [3.8, 4) is 0 Å². The first-order valence-electron chi connectivity index (χ1n) is 5.36. The standard InChI is InChI=1S/C11H11N3O5/c1-14-9-8(10(17)13-11(14)18)5(3-6(15)12-9)4-7(16)19-2/h3H,4H2,1-2H3,(H,12,15)(H,13,17,18). The van der Waals surface area contributed by atoms with Gasteiger partial charge >= 0.3 is 11.7 Å². The van der Waals surface area contributed by atoms with Crippen molar-refractivity contribution in [2.45, 2.75) is 6.42 Å². The first-order valence-corrected chi connectivity index (χ1v) is 5.36. The number of ether oxygens (including phenoxy) is 1. The number of fused-ring (bicyclic) bond motifs is 1. The lowest BCUT2D eigenvalue weighted by Gasteiger charge is -2.07. The number of hydrogen-bond acceptors (Lipinski definition) is 5. The third kappa shape index (κ3) is 2.19. The summed E-state index contributed by atoms with van der Waals surface area (Å²) in [6.45, 7) is 0. The number of H-pyrrole nitrogens is 2. The van der Waals surface area contributed by atoms with Crippen LogP contribution in [0.4, 0.5) is 0 Å². The van der Waals surface area contributed by atoms with Gasteiger partial charge in [0, 0.05) is 13.1 Å². The third-order valence-electron chi connectivity index (χ3n) is 2.75. The highest BCUT2D eigenvalue weighted by atomic mass is 16.5. The molecular weight excluding hydrogens is 254 g/mol. The molecule has 0 aliphatic carbocycles. The molecule has 2 heterocycles. The molecule has 0 spiro atoms. The van der Waals surface area contributed by atoms with Crippen molar-refractivity contribution in [3.63, 3.8) is 0 Å². The van der Waals surface area contributed by atoms with E-state index in [9.17, 15) is 19.2 Å². The van der Waals surface area contributed by atoms with Crippen molar-refractivity contribution in [3.05, 3.63) is 42.8 Å². The number of nitrogens with zero attached hydrogens (tertiary/aromatic N) is 1. The molecule has 0 unspecified atom stereocenters. The van der Waals surface area contributed by atoms with Crippen LogP contribution in [0.1, 0.15) is 5.56 Å². The fourth-order valence-electron chi connectivity index (χ4n) is 1.81. The highest BCUT2D eigenvalue weighted by Gasteiger charge is 2.14. The van der Waals surface area contributed by atoms with E-state index in [0.29, 0.717) is 0 Å². The van der Waals surface area contributed by atoms with Gasteiger partial charge in [-0.25, -0.2) is 4.79 Å². The van der Waals surface area contributed by atoms with Crippen LogP contribution < -0.4 is 16.8 Å². The first kappa shape index (κ1) is 12.8. The number of aromatic nitrogens is 3. The first-order chi connectivity index (χ1) is 8.93. The van der Waals surface area contributed by atoms with Crippen LogP contribution in [0.2, 0.25) is 0 Å². The quantitative estimate of drug-likeness (QED) is 0.650. The number of esters is 1. The monoisotopic (exact) mass is 265 g/mol. The number of nitrogens with one attached hydrogen (secondary N) is 2. The van der Waals surface area contributed by atoms with Crippen LogP contribution in [0.25, 0.3) is 11.0 Å². The molecule has 0 fully saturated rings. The summed E-state index contributed by atoms with van der Waals surface area (Å²) in [5.74, 6) is -0.583. The molecule has 0 aliphatic heterocycles. The highest BCUT2D eigenvalue weighted by molar-refractivity contribution is 5.83. The maximum atomic E-state index is 11.8. The minimum Gasteiger partial charge on any atom is -0.469 e. The zero-order chi connectivity index (χ0) is 14.2. The predicted octanol–water partition coefficient (Wildman–Crippen LogP) is -1.37. The second-order valence-corrected chi connectivity index (χ2v) is 3.95. The van der Waals surface area contributed by atoms with Crippen LogP contribution in [-0.2, 0) is 23.0 Å². The van der Waals surface area contributed by atoms with Crippen molar-refractivity contribution in [2.24, 2.45) is 7.05 Å². The summed E-state index contributed by atoms with van der Waals surface area (Å²) < 4.78 is 5.60. The number of carbonyl (C=O) groups is 1. The van der Waals surface area contributed by atoms with Gasteiger partial charge in [0.1, 0.15) is 5.65 Å². The Labute approximate surface area is 105 Å². The number of hydrogen-bond donors (Lipinski definition) is 2. The van der Waals surface area contributed by atoms with Crippen molar-refractivity contribution in [2.75, 3.05) is 7.11 Å². The maximum Gasteiger partial charge on any atom is 0.329 e. The van der Waals surface area contributed by atoms with E-state index in [4.69, 9.17) is 0 Å². The van der Waals surface area contributed by atoms with Gasteiger partial charge in [-0.1, -0.05) is 0 Å². The van der Waals surface area contributed by atoms with Crippen LogP contribution in [0.3, 0.4) is 0 Å². The van der Waals surface area contributed by atoms with Gasteiger partial charge in [-0.3, -0.25) is 23.9 Å². The third-order valence-corrected chi connectivity index (χ3v) is 2.75. The van der Waals surface area contributed by atoms with Gasteiger partial charge in [0.15, 0.2) is 0 Å². The molecule has 2 rings (SSSR count). The molecule has 2 N–H and O–H groups in total. The number of pyridine rings is 1. The molecule has 8 heteroatoms. The average Bonchev–Trinajstić information content (AvgIpc) is 2.35. The second kappa shape index (κ2) is 4.56.